The molecule has 0 saturated carbocycles. The van der Waals surface area contributed by atoms with Crippen LogP contribution in [0.1, 0.15) is 42.1 Å². The van der Waals surface area contributed by atoms with Crippen LogP contribution in [0.25, 0.3) is 0 Å². The molecule has 5 heteroatoms. The number of amides is 2. The zero-order valence-electron chi connectivity index (χ0n) is 17.1. The van der Waals surface area contributed by atoms with Crippen LogP contribution in [0.5, 0.6) is 11.5 Å². The van der Waals surface area contributed by atoms with Gasteiger partial charge in [0.2, 0.25) is 5.91 Å². The highest BCUT2D eigenvalue weighted by Crippen LogP contribution is 2.39. The van der Waals surface area contributed by atoms with Gasteiger partial charge in [-0.1, -0.05) is 49.4 Å². The van der Waals surface area contributed by atoms with Gasteiger partial charge in [-0.25, -0.2) is 0 Å². The van der Waals surface area contributed by atoms with Gasteiger partial charge in [0.1, 0.15) is 5.75 Å². The fourth-order valence-electron chi connectivity index (χ4n) is 3.80. The number of hydrogen-bond acceptors (Lipinski definition) is 3. The van der Waals surface area contributed by atoms with Crippen LogP contribution in [0.2, 0.25) is 0 Å². The predicted molar refractivity (Wildman–Crippen MR) is 118 cm³/mol. The molecular formula is C25H24N2O3. The third-order valence-electron chi connectivity index (χ3n) is 5.34. The Morgan fingerprint density at radius 2 is 1.70 bits per heavy atom. The van der Waals surface area contributed by atoms with E-state index in [1.165, 1.54) is 0 Å². The molecule has 30 heavy (non-hydrogen) atoms. The summed E-state index contributed by atoms with van der Waals surface area (Å²) < 4.78 is 6.03. The predicted octanol–water partition coefficient (Wildman–Crippen LogP) is 5.59. The minimum Gasteiger partial charge on any atom is -0.454 e. The molecule has 1 aliphatic heterocycles. The summed E-state index contributed by atoms with van der Waals surface area (Å²) in [4.78, 5) is 27.8. The molecular weight excluding hydrogens is 376 g/mol. The molecule has 3 aromatic carbocycles. The first-order valence-electron chi connectivity index (χ1n) is 10.2. The van der Waals surface area contributed by atoms with Gasteiger partial charge in [-0.3, -0.25) is 9.59 Å². The van der Waals surface area contributed by atoms with Crippen LogP contribution < -0.4 is 15.0 Å². The number of ether oxygens (including phenoxy) is 1. The maximum Gasteiger partial charge on any atom is 0.262 e. The van der Waals surface area contributed by atoms with Gasteiger partial charge in [0.25, 0.3) is 5.91 Å². The van der Waals surface area contributed by atoms with Gasteiger partial charge in [0, 0.05) is 12.2 Å². The van der Waals surface area contributed by atoms with Crippen molar-refractivity contribution in [2.75, 3.05) is 16.8 Å². The van der Waals surface area contributed by atoms with Crippen LogP contribution in [0.15, 0.2) is 72.8 Å². The number of rotatable bonds is 5. The highest BCUT2D eigenvalue weighted by Gasteiger charge is 2.28. The third-order valence-corrected chi connectivity index (χ3v) is 5.34. The Morgan fingerprint density at radius 1 is 0.967 bits per heavy atom. The van der Waals surface area contributed by atoms with Gasteiger partial charge in [-0.05, 0) is 49.2 Å². The van der Waals surface area contributed by atoms with E-state index in [0.717, 1.165) is 11.3 Å². The van der Waals surface area contributed by atoms with E-state index < -0.39 is 0 Å². The molecule has 3 aromatic rings. The molecule has 5 nitrogen and oxygen atoms in total. The van der Waals surface area contributed by atoms with Gasteiger partial charge >= 0.3 is 0 Å². The van der Waals surface area contributed by atoms with Crippen LogP contribution in [0.4, 0.5) is 11.4 Å². The molecule has 0 spiro atoms. The van der Waals surface area contributed by atoms with Crippen molar-refractivity contribution in [3.8, 4) is 11.5 Å². The molecule has 0 aliphatic carbocycles. The lowest BCUT2D eigenvalue weighted by molar-refractivity contribution is -0.117. The number of anilines is 2. The second-order valence-electron chi connectivity index (χ2n) is 7.19. The number of nitrogens with zero attached hydrogens (tertiary/aromatic N) is 1. The average molecular weight is 400 g/mol. The van der Waals surface area contributed by atoms with Crippen molar-refractivity contribution in [1.29, 1.82) is 0 Å². The van der Waals surface area contributed by atoms with Gasteiger partial charge in [0.15, 0.2) is 5.75 Å². The van der Waals surface area contributed by atoms with Gasteiger partial charge in [-0.2, -0.15) is 0 Å². The van der Waals surface area contributed by atoms with E-state index >= 15 is 0 Å². The maximum absolute atomic E-state index is 13.2. The molecule has 0 radical (unpaired) electrons. The molecule has 1 unspecified atom stereocenters. The van der Waals surface area contributed by atoms with Crippen molar-refractivity contribution in [3.63, 3.8) is 0 Å². The Hall–Kier alpha value is -3.60. The number of hydrogen-bond donors (Lipinski definition) is 1. The lowest BCUT2D eigenvalue weighted by Crippen LogP contribution is -2.30. The smallest absolute Gasteiger partial charge is 0.262 e. The molecule has 4 rings (SSSR count). The Bertz CT molecular complexity index is 1080. The SMILES string of the molecule is CCC(C(=O)Nc1ccc2c(c1)C(=O)N(CC)c1ccccc1O2)c1ccccc1. The summed E-state index contributed by atoms with van der Waals surface area (Å²) in [5.74, 6) is 0.619. The van der Waals surface area contributed by atoms with E-state index in [1.54, 1.807) is 23.1 Å². The first-order valence-corrected chi connectivity index (χ1v) is 10.2. The van der Waals surface area contributed by atoms with E-state index in [0.29, 0.717) is 35.7 Å². The number of carbonyl (C=O) groups is 2. The molecule has 1 aliphatic rings. The minimum atomic E-state index is -0.256. The van der Waals surface area contributed by atoms with E-state index in [2.05, 4.69) is 5.32 Å². The first kappa shape index (κ1) is 19.7. The molecule has 1 N–H and O–H groups in total. The van der Waals surface area contributed by atoms with Crippen molar-refractivity contribution < 1.29 is 14.3 Å². The zero-order chi connectivity index (χ0) is 21.1. The van der Waals surface area contributed by atoms with Gasteiger partial charge in [-0.15, -0.1) is 0 Å². The Morgan fingerprint density at radius 3 is 2.43 bits per heavy atom. The lowest BCUT2D eigenvalue weighted by Gasteiger charge is -2.20. The third kappa shape index (κ3) is 3.66. The number of carbonyl (C=O) groups excluding carboxylic acids is 2. The van der Waals surface area contributed by atoms with Crippen LogP contribution in [-0.4, -0.2) is 18.4 Å². The highest BCUT2D eigenvalue weighted by molar-refractivity contribution is 6.10. The van der Waals surface area contributed by atoms with Crippen LogP contribution in [0.3, 0.4) is 0 Å². The fourth-order valence-corrected chi connectivity index (χ4v) is 3.80. The quantitative estimate of drug-likeness (QED) is 0.607. The number of para-hydroxylation sites is 2. The molecule has 152 valence electrons. The Labute approximate surface area is 176 Å². The summed E-state index contributed by atoms with van der Waals surface area (Å²) in [6.45, 7) is 4.43. The zero-order valence-corrected chi connectivity index (χ0v) is 17.1. The van der Waals surface area contributed by atoms with Crippen molar-refractivity contribution in [2.24, 2.45) is 0 Å². The number of fused-ring (bicyclic) bond motifs is 2. The molecule has 2 amide bonds. The number of benzene rings is 3. The summed E-state index contributed by atoms with van der Waals surface area (Å²) in [5.41, 5.74) is 2.71. The normalized spacial score (nSPS) is 13.5. The molecule has 0 bridgehead atoms. The topological polar surface area (TPSA) is 58.6 Å². The van der Waals surface area contributed by atoms with Gasteiger partial charge in [0.05, 0.1) is 17.2 Å². The van der Waals surface area contributed by atoms with Crippen molar-refractivity contribution in [2.45, 2.75) is 26.2 Å². The summed E-state index contributed by atoms with van der Waals surface area (Å²) in [6.07, 6.45) is 0.682. The lowest BCUT2D eigenvalue weighted by atomic mass is 9.95. The number of nitrogens with one attached hydrogen (secondary N) is 1. The van der Waals surface area contributed by atoms with Gasteiger partial charge < -0.3 is 15.0 Å². The van der Waals surface area contributed by atoms with Crippen molar-refractivity contribution >= 4 is 23.2 Å². The summed E-state index contributed by atoms with van der Waals surface area (Å²) in [6, 6.07) is 22.4. The van der Waals surface area contributed by atoms with Crippen LogP contribution in [-0.2, 0) is 4.79 Å². The van der Waals surface area contributed by atoms with E-state index in [9.17, 15) is 9.59 Å². The first-order chi connectivity index (χ1) is 14.6. The molecule has 1 heterocycles. The van der Waals surface area contributed by atoms with Crippen LogP contribution >= 0.6 is 0 Å². The minimum absolute atomic E-state index is 0.0960. The van der Waals surface area contributed by atoms with Crippen molar-refractivity contribution in [1.82, 2.24) is 0 Å². The Balaban J connectivity index is 1.64. The largest absolute Gasteiger partial charge is 0.454 e. The molecule has 0 fully saturated rings. The second-order valence-corrected chi connectivity index (χ2v) is 7.19. The monoisotopic (exact) mass is 400 g/mol. The summed E-state index contributed by atoms with van der Waals surface area (Å²) in [5, 5.41) is 2.97. The average Bonchev–Trinajstić information content (AvgIpc) is 2.88. The molecule has 0 saturated heterocycles. The maximum atomic E-state index is 13.2. The fraction of sp³-hybridized carbons (Fsp3) is 0.200. The second kappa shape index (κ2) is 8.41. The summed E-state index contributed by atoms with van der Waals surface area (Å²) >= 11 is 0. The van der Waals surface area contributed by atoms with E-state index in [-0.39, 0.29) is 17.7 Å². The Kier molecular flexibility index (Phi) is 5.53. The van der Waals surface area contributed by atoms with Crippen molar-refractivity contribution in [3.05, 3.63) is 83.9 Å². The van der Waals surface area contributed by atoms with E-state index in [1.807, 2.05) is 68.4 Å². The standard InChI is InChI=1S/C25H24N2O3/c1-3-19(17-10-6-5-7-11-17)24(28)26-18-14-15-22-20(16-18)25(29)27(4-2)21-12-8-9-13-23(21)30-22/h5-16,19H,3-4H2,1-2H3,(H,26,28). The van der Waals surface area contributed by atoms with Crippen LogP contribution in [0, 0.1) is 0 Å². The molecule has 0 aromatic heterocycles. The molecule has 1 atom stereocenters. The summed E-state index contributed by atoms with van der Waals surface area (Å²) in [7, 11) is 0. The van der Waals surface area contributed by atoms with E-state index in [4.69, 9.17) is 4.74 Å². The highest BCUT2D eigenvalue weighted by atomic mass is 16.5.